The Morgan fingerprint density at radius 1 is 1.28 bits per heavy atom. The van der Waals surface area contributed by atoms with Crippen LogP contribution in [0.4, 0.5) is 0 Å². The van der Waals surface area contributed by atoms with Crippen LogP contribution >= 0.6 is 23.2 Å². The van der Waals surface area contributed by atoms with Crippen LogP contribution in [-0.4, -0.2) is 21.5 Å². The second-order valence-corrected chi connectivity index (χ2v) is 4.70. The van der Waals surface area contributed by atoms with E-state index in [2.05, 4.69) is 22.6 Å². The summed E-state index contributed by atoms with van der Waals surface area (Å²) in [5.41, 5.74) is 1.60. The maximum atomic E-state index is 6.16. The van der Waals surface area contributed by atoms with Crippen LogP contribution < -0.4 is 5.32 Å². The molecule has 18 heavy (non-hydrogen) atoms. The van der Waals surface area contributed by atoms with Crippen molar-refractivity contribution in [3.8, 4) is 5.69 Å². The highest BCUT2D eigenvalue weighted by Gasteiger charge is 2.12. The van der Waals surface area contributed by atoms with Gasteiger partial charge in [-0.2, -0.15) is 0 Å². The topological polar surface area (TPSA) is 42.7 Å². The molecule has 0 radical (unpaired) electrons. The zero-order valence-corrected chi connectivity index (χ0v) is 11.5. The summed E-state index contributed by atoms with van der Waals surface area (Å²) < 4.78 is 1.67. The monoisotopic (exact) mass is 284 g/mol. The number of para-hydroxylation sites is 1. The first-order chi connectivity index (χ1) is 8.74. The summed E-state index contributed by atoms with van der Waals surface area (Å²) in [7, 11) is 0. The number of rotatable bonds is 5. The summed E-state index contributed by atoms with van der Waals surface area (Å²) in [6.45, 7) is 3.75. The molecule has 0 saturated heterocycles. The fraction of sp³-hybridized carbons (Fsp3) is 0.333. The van der Waals surface area contributed by atoms with E-state index in [1.54, 1.807) is 29.1 Å². The molecule has 2 rings (SSSR count). The highest BCUT2D eigenvalue weighted by Crippen LogP contribution is 2.28. The number of halogens is 2. The lowest BCUT2D eigenvalue weighted by molar-refractivity contribution is 0.641. The van der Waals surface area contributed by atoms with Gasteiger partial charge in [0.05, 0.1) is 21.9 Å². The maximum Gasteiger partial charge on any atom is 0.104 e. The minimum atomic E-state index is 0.560. The molecule has 0 aliphatic carbocycles. The van der Waals surface area contributed by atoms with Gasteiger partial charge >= 0.3 is 0 Å². The average Bonchev–Trinajstić information content (AvgIpc) is 2.78. The molecule has 96 valence electrons. The van der Waals surface area contributed by atoms with E-state index in [1.807, 2.05) is 0 Å². The van der Waals surface area contributed by atoms with Crippen LogP contribution in [-0.2, 0) is 6.54 Å². The molecule has 1 aromatic carbocycles. The largest absolute Gasteiger partial charge is 0.311 e. The number of nitrogens with one attached hydrogen (secondary N) is 1. The molecule has 0 bridgehead atoms. The highest BCUT2D eigenvalue weighted by atomic mass is 35.5. The van der Waals surface area contributed by atoms with Crippen molar-refractivity contribution in [3.05, 3.63) is 40.1 Å². The van der Waals surface area contributed by atoms with Crippen molar-refractivity contribution in [2.24, 2.45) is 0 Å². The second-order valence-electron chi connectivity index (χ2n) is 3.88. The van der Waals surface area contributed by atoms with Crippen molar-refractivity contribution in [3.63, 3.8) is 0 Å². The summed E-state index contributed by atoms with van der Waals surface area (Å²) >= 11 is 12.3. The number of aromatic nitrogens is 3. The Hall–Kier alpha value is -1.10. The molecule has 4 nitrogen and oxygen atoms in total. The lowest BCUT2D eigenvalue weighted by atomic mass is 10.3. The van der Waals surface area contributed by atoms with Crippen LogP contribution in [0.1, 0.15) is 19.0 Å². The fourth-order valence-corrected chi connectivity index (χ4v) is 2.21. The quantitative estimate of drug-likeness (QED) is 0.858. The lowest BCUT2D eigenvalue weighted by Crippen LogP contribution is -2.17. The van der Waals surface area contributed by atoms with Gasteiger partial charge in [-0.25, -0.2) is 4.68 Å². The molecule has 0 fully saturated rings. The predicted molar refractivity (Wildman–Crippen MR) is 73.4 cm³/mol. The Labute approximate surface area is 116 Å². The van der Waals surface area contributed by atoms with E-state index >= 15 is 0 Å². The molecule has 0 saturated carbocycles. The van der Waals surface area contributed by atoms with Crippen molar-refractivity contribution >= 4 is 23.2 Å². The number of hydrogen-bond acceptors (Lipinski definition) is 3. The number of hydrogen-bond donors (Lipinski definition) is 1. The summed E-state index contributed by atoms with van der Waals surface area (Å²) in [5.74, 6) is 0. The zero-order chi connectivity index (χ0) is 13.0. The SMILES string of the molecule is CCCNCc1cnnn1-c1c(Cl)cccc1Cl. The maximum absolute atomic E-state index is 6.16. The van der Waals surface area contributed by atoms with E-state index in [-0.39, 0.29) is 0 Å². The minimum absolute atomic E-state index is 0.560. The molecule has 6 heteroatoms. The van der Waals surface area contributed by atoms with Gasteiger partial charge in [-0.15, -0.1) is 5.10 Å². The molecular weight excluding hydrogens is 271 g/mol. The Morgan fingerprint density at radius 2 is 2.00 bits per heavy atom. The van der Waals surface area contributed by atoms with Gasteiger partial charge in [0.25, 0.3) is 0 Å². The molecule has 0 unspecified atom stereocenters. The van der Waals surface area contributed by atoms with Gasteiger partial charge in [-0.3, -0.25) is 0 Å². The minimum Gasteiger partial charge on any atom is -0.311 e. The van der Waals surface area contributed by atoms with Gasteiger partial charge < -0.3 is 5.32 Å². The second kappa shape index (κ2) is 6.18. The van der Waals surface area contributed by atoms with Crippen LogP contribution in [0.2, 0.25) is 10.0 Å². The zero-order valence-electron chi connectivity index (χ0n) is 10.0. The number of nitrogens with zero attached hydrogens (tertiary/aromatic N) is 3. The molecule has 1 heterocycles. The Morgan fingerprint density at radius 3 is 2.67 bits per heavy atom. The Bertz CT molecular complexity index is 504. The summed E-state index contributed by atoms with van der Waals surface area (Å²) in [6, 6.07) is 5.38. The third kappa shape index (κ3) is 2.83. The van der Waals surface area contributed by atoms with Crippen LogP contribution in [0.25, 0.3) is 5.69 Å². The Balaban J connectivity index is 2.31. The van der Waals surface area contributed by atoms with E-state index < -0.39 is 0 Å². The van der Waals surface area contributed by atoms with Crippen molar-refractivity contribution in [2.45, 2.75) is 19.9 Å². The van der Waals surface area contributed by atoms with Crippen molar-refractivity contribution in [2.75, 3.05) is 6.54 Å². The third-order valence-corrected chi connectivity index (χ3v) is 3.11. The van der Waals surface area contributed by atoms with Gasteiger partial charge in [0.2, 0.25) is 0 Å². The van der Waals surface area contributed by atoms with Gasteiger partial charge in [-0.1, -0.05) is 41.4 Å². The number of benzene rings is 1. The first-order valence-electron chi connectivity index (χ1n) is 5.78. The van der Waals surface area contributed by atoms with Gasteiger partial charge in [0.15, 0.2) is 0 Å². The average molecular weight is 285 g/mol. The van der Waals surface area contributed by atoms with Crippen molar-refractivity contribution < 1.29 is 0 Å². The summed E-state index contributed by atoms with van der Waals surface area (Å²) in [4.78, 5) is 0. The standard InChI is InChI=1S/C12H14Cl2N4/c1-2-6-15-7-9-8-16-17-18(9)12-10(13)4-3-5-11(12)14/h3-5,8,15H,2,6-7H2,1H3. The predicted octanol–water partition coefficient (Wildman–Crippen LogP) is 3.07. The van der Waals surface area contributed by atoms with E-state index in [0.29, 0.717) is 22.3 Å². The van der Waals surface area contributed by atoms with E-state index in [4.69, 9.17) is 23.2 Å². The van der Waals surface area contributed by atoms with Gasteiger partial charge in [0, 0.05) is 6.54 Å². The molecule has 0 aliphatic rings. The summed E-state index contributed by atoms with van der Waals surface area (Å²) in [5, 5.41) is 12.4. The van der Waals surface area contributed by atoms with Gasteiger partial charge in [0.1, 0.15) is 5.69 Å². The lowest BCUT2D eigenvalue weighted by Gasteiger charge is -2.10. The Kier molecular flexibility index (Phi) is 4.58. The van der Waals surface area contributed by atoms with E-state index in [0.717, 1.165) is 18.7 Å². The first kappa shape index (κ1) is 13.3. The first-order valence-corrected chi connectivity index (χ1v) is 6.54. The molecule has 0 aliphatic heterocycles. The summed E-state index contributed by atoms with van der Waals surface area (Å²) in [6.07, 6.45) is 2.79. The smallest absolute Gasteiger partial charge is 0.104 e. The molecular formula is C12H14Cl2N4. The van der Waals surface area contributed by atoms with Crippen LogP contribution in [0, 0.1) is 0 Å². The third-order valence-electron chi connectivity index (χ3n) is 2.50. The van der Waals surface area contributed by atoms with Crippen LogP contribution in [0.15, 0.2) is 24.4 Å². The van der Waals surface area contributed by atoms with Crippen LogP contribution in [0.3, 0.4) is 0 Å². The van der Waals surface area contributed by atoms with Crippen LogP contribution in [0.5, 0.6) is 0 Å². The van der Waals surface area contributed by atoms with E-state index in [1.165, 1.54) is 0 Å². The van der Waals surface area contributed by atoms with Gasteiger partial charge in [-0.05, 0) is 25.1 Å². The molecule has 0 atom stereocenters. The molecule has 0 amide bonds. The molecule has 1 N–H and O–H groups in total. The normalized spacial score (nSPS) is 10.8. The van der Waals surface area contributed by atoms with Crippen molar-refractivity contribution in [1.82, 2.24) is 20.3 Å². The van der Waals surface area contributed by atoms with Crippen molar-refractivity contribution in [1.29, 1.82) is 0 Å². The fourth-order valence-electron chi connectivity index (χ4n) is 1.65. The molecule has 0 spiro atoms. The molecule has 1 aromatic heterocycles. The molecule has 2 aromatic rings. The van der Waals surface area contributed by atoms with E-state index in [9.17, 15) is 0 Å². The highest BCUT2D eigenvalue weighted by molar-refractivity contribution is 6.37.